The summed E-state index contributed by atoms with van der Waals surface area (Å²) in [5, 5.41) is 3.35. The predicted molar refractivity (Wildman–Crippen MR) is 78.1 cm³/mol. The van der Waals surface area contributed by atoms with E-state index < -0.39 is 0 Å². The molecule has 2 rings (SSSR count). The molecule has 1 aromatic heterocycles. The summed E-state index contributed by atoms with van der Waals surface area (Å²) >= 11 is 0. The van der Waals surface area contributed by atoms with Gasteiger partial charge in [-0.2, -0.15) is 0 Å². The summed E-state index contributed by atoms with van der Waals surface area (Å²) in [6, 6.07) is 6.80. The highest BCUT2D eigenvalue weighted by molar-refractivity contribution is 5.24. The molecule has 0 aliphatic carbocycles. The Morgan fingerprint density at radius 2 is 2.15 bits per heavy atom. The van der Waals surface area contributed by atoms with Gasteiger partial charge in [0.25, 0.3) is 0 Å². The van der Waals surface area contributed by atoms with Gasteiger partial charge in [-0.25, -0.2) is 14.4 Å². The molecule has 0 amide bonds. The molecule has 1 aromatic carbocycles. The fourth-order valence-corrected chi connectivity index (χ4v) is 2.28. The highest BCUT2D eigenvalue weighted by atomic mass is 19.1. The fraction of sp³-hybridized carbons (Fsp3) is 0.375. The van der Waals surface area contributed by atoms with Crippen LogP contribution in [0.2, 0.25) is 0 Å². The van der Waals surface area contributed by atoms with Crippen LogP contribution in [0.5, 0.6) is 0 Å². The molecule has 4 heteroatoms. The van der Waals surface area contributed by atoms with E-state index in [1.54, 1.807) is 6.07 Å². The minimum absolute atomic E-state index is 0.225. The van der Waals surface area contributed by atoms with Crippen molar-refractivity contribution in [1.82, 2.24) is 15.3 Å². The summed E-state index contributed by atoms with van der Waals surface area (Å²) in [4.78, 5) is 8.92. The molecule has 1 heterocycles. The van der Waals surface area contributed by atoms with Gasteiger partial charge in [0, 0.05) is 29.9 Å². The number of nitrogens with one attached hydrogen (secondary N) is 1. The van der Waals surface area contributed by atoms with Gasteiger partial charge in [0.2, 0.25) is 0 Å². The molecule has 20 heavy (non-hydrogen) atoms. The number of hydrogen-bond donors (Lipinski definition) is 1. The van der Waals surface area contributed by atoms with Crippen molar-refractivity contribution in [3.8, 4) is 0 Å². The molecule has 1 N–H and O–H groups in total. The number of halogens is 1. The molecule has 0 spiro atoms. The van der Waals surface area contributed by atoms with Crippen molar-refractivity contribution in [3.05, 3.63) is 58.9 Å². The summed E-state index contributed by atoms with van der Waals surface area (Å²) in [7, 11) is 0. The van der Waals surface area contributed by atoms with Crippen molar-refractivity contribution in [1.29, 1.82) is 0 Å². The van der Waals surface area contributed by atoms with Crippen LogP contribution in [-0.4, -0.2) is 16.5 Å². The third-order valence-electron chi connectivity index (χ3n) is 3.30. The first-order valence-corrected chi connectivity index (χ1v) is 6.90. The Kier molecular flexibility index (Phi) is 4.79. The number of nitrogens with zero attached hydrogens (tertiary/aromatic N) is 2. The van der Waals surface area contributed by atoms with Gasteiger partial charge < -0.3 is 5.32 Å². The van der Waals surface area contributed by atoms with Gasteiger partial charge in [-0.3, -0.25) is 0 Å². The number of aryl methyl sites for hydroxylation is 1. The minimum Gasteiger partial charge on any atom is -0.310 e. The van der Waals surface area contributed by atoms with Crippen LogP contribution >= 0.6 is 0 Å². The van der Waals surface area contributed by atoms with E-state index in [9.17, 15) is 4.39 Å². The van der Waals surface area contributed by atoms with E-state index in [0.717, 1.165) is 29.2 Å². The lowest BCUT2D eigenvalue weighted by atomic mass is 10.1. The van der Waals surface area contributed by atoms with Crippen LogP contribution in [0, 0.1) is 12.7 Å². The zero-order valence-electron chi connectivity index (χ0n) is 12.2. The van der Waals surface area contributed by atoms with Crippen molar-refractivity contribution in [3.63, 3.8) is 0 Å². The van der Waals surface area contributed by atoms with Gasteiger partial charge in [0.05, 0.1) is 0 Å². The average molecular weight is 273 g/mol. The largest absolute Gasteiger partial charge is 0.310 e. The van der Waals surface area contributed by atoms with Crippen LogP contribution in [0.3, 0.4) is 0 Å². The maximum Gasteiger partial charge on any atom is 0.132 e. The van der Waals surface area contributed by atoms with Crippen LogP contribution in [0.15, 0.2) is 30.5 Å². The highest BCUT2D eigenvalue weighted by Gasteiger charge is 2.10. The topological polar surface area (TPSA) is 37.8 Å². The zero-order chi connectivity index (χ0) is 14.5. The molecule has 0 fully saturated rings. The lowest BCUT2D eigenvalue weighted by molar-refractivity contribution is 0.588. The molecule has 1 unspecified atom stereocenters. The summed E-state index contributed by atoms with van der Waals surface area (Å²) in [6.45, 7) is 7.07. The van der Waals surface area contributed by atoms with E-state index in [4.69, 9.17) is 0 Å². The first kappa shape index (κ1) is 14.6. The van der Waals surface area contributed by atoms with Gasteiger partial charge in [0.15, 0.2) is 0 Å². The third-order valence-corrected chi connectivity index (χ3v) is 3.30. The number of rotatable bonds is 5. The summed E-state index contributed by atoms with van der Waals surface area (Å²) in [5.41, 5.74) is 2.96. The maximum atomic E-state index is 13.2. The Balaban J connectivity index is 2.17. The number of hydrogen-bond acceptors (Lipinski definition) is 3. The second-order valence-electron chi connectivity index (χ2n) is 4.91. The Hall–Kier alpha value is -1.81. The second-order valence-corrected chi connectivity index (χ2v) is 4.91. The maximum absolute atomic E-state index is 13.2. The van der Waals surface area contributed by atoms with Crippen LogP contribution < -0.4 is 5.32 Å². The molecule has 0 bridgehead atoms. The predicted octanol–water partition coefficient (Wildman–Crippen LogP) is 3.19. The smallest absolute Gasteiger partial charge is 0.132 e. The van der Waals surface area contributed by atoms with Crippen molar-refractivity contribution >= 4 is 0 Å². The summed E-state index contributed by atoms with van der Waals surface area (Å²) < 4.78 is 13.2. The van der Waals surface area contributed by atoms with E-state index in [2.05, 4.69) is 29.1 Å². The van der Waals surface area contributed by atoms with Crippen LogP contribution in [0.4, 0.5) is 4.39 Å². The quantitative estimate of drug-likeness (QED) is 0.909. The lowest BCUT2D eigenvalue weighted by Gasteiger charge is -2.15. The van der Waals surface area contributed by atoms with Gasteiger partial charge in [-0.1, -0.05) is 19.1 Å². The van der Waals surface area contributed by atoms with Gasteiger partial charge >= 0.3 is 0 Å². The molecule has 3 nitrogen and oxygen atoms in total. The molecule has 0 aliphatic heterocycles. The van der Waals surface area contributed by atoms with Gasteiger partial charge in [0.1, 0.15) is 11.6 Å². The SMILES string of the molecule is CCNC(C)c1cnc(Cc2cccc(F)c2)nc1C. The number of benzene rings is 1. The van der Waals surface area contributed by atoms with Crippen molar-refractivity contribution in [2.45, 2.75) is 33.2 Å². The van der Waals surface area contributed by atoms with E-state index in [-0.39, 0.29) is 11.9 Å². The van der Waals surface area contributed by atoms with Crippen LogP contribution in [0.1, 0.15) is 42.5 Å². The van der Waals surface area contributed by atoms with Gasteiger partial charge in [-0.05, 0) is 38.1 Å². The summed E-state index contributed by atoms with van der Waals surface area (Å²) in [5.74, 6) is 0.497. The zero-order valence-corrected chi connectivity index (χ0v) is 12.2. The molecule has 0 aliphatic rings. The normalized spacial score (nSPS) is 12.4. The molecule has 0 saturated heterocycles. The van der Waals surface area contributed by atoms with Crippen LogP contribution in [0.25, 0.3) is 0 Å². The summed E-state index contributed by atoms with van der Waals surface area (Å²) in [6.07, 6.45) is 2.42. The Bertz CT molecular complexity index is 584. The van der Waals surface area contributed by atoms with E-state index in [1.807, 2.05) is 19.2 Å². The Labute approximate surface area is 119 Å². The number of aromatic nitrogens is 2. The van der Waals surface area contributed by atoms with E-state index >= 15 is 0 Å². The van der Waals surface area contributed by atoms with Gasteiger partial charge in [-0.15, -0.1) is 0 Å². The molecule has 106 valence electrons. The minimum atomic E-state index is -0.225. The molecule has 1 atom stereocenters. The first-order valence-electron chi connectivity index (χ1n) is 6.90. The Morgan fingerprint density at radius 1 is 1.35 bits per heavy atom. The molecule has 0 saturated carbocycles. The molecule has 0 radical (unpaired) electrons. The third kappa shape index (κ3) is 3.61. The molecule has 2 aromatic rings. The van der Waals surface area contributed by atoms with Crippen molar-refractivity contribution in [2.24, 2.45) is 0 Å². The highest BCUT2D eigenvalue weighted by Crippen LogP contribution is 2.16. The monoisotopic (exact) mass is 273 g/mol. The lowest BCUT2D eigenvalue weighted by Crippen LogP contribution is -2.19. The molecular weight excluding hydrogens is 253 g/mol. The van der Waals surface area contributed by atoms with Crippen molar-refractivity contribution < 1.29 is 4.39 Å². The second kappa shape index (κ2) is 6.57. The standard InChI is InChI=1S/C16H20FN3/c1-4-18-11(2)15-10-19-16(20-12(15)3)9-13-6-5-7-14(17)8-13/h5-8,10-11,18H,4,9H2,1-3H3. The fourth-order valence-electron chi connectivity index (χ4n) is 2.28. The average Bonchev–Trinajstić information content (AvgIpc) is 2.39. The van der Waals surface area contributed by atoms with E-state index in [1.165, 1.54) is 12.1 Å². The molecular formula is C16H20FN3. The van der Waals surface area contributed by atoms with Crippen molar-refractivity contribution in [2.75, 3.05) is 6.54 Å². The van der Waals surface area contributed by atoms with Crippen LogP contribution in [-0.2, 0) is 6.42 Å². The Morgan fingerprint density at radius 3 is 2.80 bits per heavy atom. The first-order chi connectivity index (χ1) is 9.60. The van der Waals surface area contributed by atoms with E-state index in [0.29, 0.717) is 6.42 Å².